The van der Waals surface area contributed by atoms with Crippen molar-refractivity contribution < 1.29 is 0 Å². The van der Waals surface area contributed by atoms with Crippen LogP contribution in [0.25, 0.3) is 10.4 Å². The summed E-state index contributed by atoms with van der Waals surface area (Å²) >= 11 is 1.75. The van der Waals surface area contributed by atoms with E-state index in [4.69, 9.17) is 0 Å². The van der Waals surface area contributed by atoms with E-state index in [9.17, 15) is 0 Å². The molecule has 0 radical (unpaired) electrons. The van der Waals surface area contributed by atoms with Crippen LogP contribution in [0.15, 0.2) is 30.2 Å². The maximum atomic E-state index is 3.99. The average Bonchev–Trinajstić information content (AvgIpc) is 2.67. The lowest BCUT2D eigenvalue weighted by Gasteiger charge is -1.92. The van der Waals surface area contributed by atoms with Crippen LogP contribution in [-0.4, -0.2) is 9.97 Å². The first kappa shape index (κ1) is 8.38. The highest BCUT2D eigenvalue weighted by atomic mass is 32.1. The van der Waals surface area contributed by atoms with Crippen LogP contribution in [-0.2, 0) is 6.42 Å². The smallest absolute Gasteiger partial charge is 0.115 e. The lowest BCUT2D eigenvalue weighted by molar-refractivity contribution is 1.15. The van der Waals surface area contributed by atoms with Gasteiger partial charge in [0.05, 0.1) is 0 Å². The quantitative estimate of drug-likeness (QED) is 0.727. The number of hydrogen-bond acceptors (Lipinski definition) is 3. The molecule has 2 rings (SSSR count). The van der Waals surface area contributed by atoms with Gasteiger partial charge in [-0.3, -0.25) is 0 Å². The molecule has 0 atom stereocenters. The zero-order valence-corrected chi connectivity index (χ0v) is 8.21. The lowest BCUT2D eigenvalue weighted by Crippen LogP contribution is -1.78. The summed E-state index contributed by atoms with van der Waals surface area (Å²) in [5.41, 5.74) is 2.48. The van der Waals surface area contributed by atoms with Crippen molar-refractivity contribution in [1.82, 2.24) is 9.97 Å². The van der Waals surface area contributed by atoms with E-state index in [2.05, 4.69) is 28.3 Å². The first-order valence-electron chi connectivity index (χ1n) is 4.23. The van der Waals surface area contributed by atoms with Crippen LogP contribution in [0.3, 0.4) is 0 Å². The second kappa shape index (κ2) is 3.66. The van der Waals surface area contributed by atoms with E-state index in [1.807, 2.05) is 12.4 Å². The second-order valence-corrected chi connectivity index (χ2v) is 3.71. The first-order valence-corrected chi connectivity index (χ1v) is 5.11. The number of aromatic nitrogens is 2. The van der Waals surface area contributed by atoms with Crippen LogP contribution in [0, 0.1) is 0 Å². The highest BCUT2D eigenvalue weighted by Gasteiger charge is 2.00. The maximum absolute atomic E-state index is 3.99. The Balaban J connectivity index is 2.36. The summed E-state index contributed by atoms with van der Waals surface area (Å²) in [5.74, 6) is 0. The molecule has 0 aliphatic rings. The Bertz CT molecular complexity index is 381. The Morgan fingerprint density at radius 3 is 2.69 bits per heavy atom. The third-order valence-electron chi connectivity index (χ3n) is 1.91. The van der Waals surface area contributed by atoms with Gasteiger partial charge in [0.1, 0.15) is 6.33 Å². The van der Waals surface area contributed by atoms with Crippen LogP contribution in [0.1, 0.15) is 12.5 Å². The number of thiophene rings is 1. The largest absolute Gasteiger partial charge is 0.244 e. The van der Waals surface area contributed by atoms with Crippen LogP contribution in [0.2, 0.25) is 0 Å². The second-order valence-electron chi connectivity index (χ2n) is 2.80. The van der Waals surface area contributed by atoms with Crippen molar-refractivity contribution in [1.29, 1.82) is 0 Å². The van der Waals surface area contributed by atoms with E-state index < -0.39 is 0 Å². The first-order chi connectivity index (χ1) is 6.40. The van der Waals surface area contributed by atoms with Gasteiger partial charge in [-0.2, -0.15) is 0 Å². The molecule has 2 nitrogen and oxygen atoms in total. The molecule has 0 aromatic carbocycles. The SMILES string of the molecule is CCc1csc(-c2cncnc2)c1. The number of aryl methyl sites for hydroxylation is 1. The summed E-state index contributed by atoms with van der Waals surface area (Å²) in [6.45, 7) is 2.16. The molecule has 3 heteroatoms. The predicted octanol–water partition coefficient (Wildman–Crippen LogP) is 2.77. The Labute approximate surface area is 81.3 Å². The molecule has 0 fully saturated rings. The molecule has 0 saturated heterocycles. The van der Waals surface area contributed by atoms with Crippen LogP contribution >= 0.6 is 11.3 Å². The van der Waals surface area contributed by atoms with E-state index >= 15 is 0 Å². The lowest BCUT2D eigenvalue weighted by atomic mass is 10.2. The van der Waals surface area contributed by atoms with Crippen molar-refractivity contribution >= 4 is 11.3 Å². The Kier molecular flexibility index (Phi) is 2.36. The van der Waals surface area contributed by atoms with Crippen molar-refractivity contribution in [3.63, 3.8) is 0 Å². The fourth-order valence-electron chi connectivity index (χ4n) is 1.14. The predicted molar refractivity (Wildman–Crippen MR) is 54.7 cm³/mol. The van der Waals surface area contributed by atoms with Crippen molar-refractivity contribution in [3.05, 3.63) is 35.7 Å². The monoisotopic (exact) mass is 190 g/mol. The highest BCUT2D eigenvalue weighted by Crippen LogP contribution is 2.25. The minimum absolute atomic E-state index is 1.09. The molecule has 2 heterocycles. The standard InChI is InChI=1S/C10H10N2S/c1-2-8-3-10(13-6-8)9-4-11-7-12-5-9/h3-7H,2H2,1H3. The van der Waals surface area contributed by atoms with Gasteiger partial charge >= 0.3 is 0 Å². The molecule has 0 unspecified atom stereocenters. The van der Waals surface area contributed by atoms with Crippen LogP contribution in [0.5, 0.6) is 0 Å². The molecule has 0 amide bonds. The molecule has 2 aromatic rings. The maximum Gasteiger partial charge on any atom is 0.115 e. The Hall–Kier alpha value is -1.22. The summed E-state index contributed by atoms with van der Waals surface area (Å²) in [6, 6.07) is 2.20. The molecule has 0 aliphatic carbocycles. The third kappa shape index (κ3) is 1.75. The molecule has 0 aliphatic heterocycles. The molecular weight excluding hydrogens is 180 g/mol. The number of nitrogens with zero attached hydrogens (tertiary/aromatic N) is 2. The number of rotatable bonds is 2. The van der Waals surface area contributed by atoms with Gasteiger partial charge in [0.15, 0.2) is 0 Å². The summed E-state index contributed by atoms with van der Waals surface area (Å²) in [4.78, 5) is 9.23. The molecule has 13 heavy (non-hydrogen) atoms. The normalized spacial score (nSPS) is 10.2. The van der Waals surface area contributed by atoms with Gasteiger partial charge in [-0.25, -0.2) is 9.97 Å². The fraction of sp³-hybridized carbons (Fsp3) is 0.200. The van der Waals surface area contributed by atoms with E-state index in [1.165, 1.54) is 10.4 Å². The number of hydrogen-bond donors (Lipinski definition) is 0. The van der Waals surface area contributed by atoms with Crippen LogP contribution in [0.4, 0.5) is 0 Å². The minimum atomic E-state index is 1.09. The van der Waals surface area contributed by atoms with E-state index in [0.29, 0.717) is 0 Å². The van der Waals surface area contributed by atoms with Crippen molar-refractivity contribution in [3.8, 4) is 10.4 Å². The zero-order valence-electron chi connectivity index (χ0n) is 7.40. The van der Waals surface area contributed by atoms with Gasteiger partial charge in [-0.05, 0) is 23.4 Å². The van der Waals surface area contributed by atoms with Crippen molar-refractivity contribution in [2.45, 2.75) is 13.3 Å². The topological polar surface area (TPSA) is 25.8 Å². The Morgan fingerprint density at radius 1 is 1.31 bits per heavy atom. The van der Waals surface area contributed by atoms with Gasteiger partial charge in [0.25, 0.3) is 0 Å². The van der Waals surface area contributed by atoms with E-state index in [1.54, 1.807) is 17.7 Å². The van der Waals surface area contributed by atoms with Crippen LogP contribution < -0.4 is 0 Å². The average molecular weight is 190 g/mol. The van der Waals surface area contributed by atoms with E-state index in [0.717, 1.165) is 12.0 Å². The summed E-state index contributed by atoms with van der Waals surface area (Å²) in [5, 5.41) is 2.18. The molecule has 0 saturated carbocycles. The highest BCUT2D eigenvalue weighted by molar-refractivity contribution is 7.13. The van der Waals surface area contributed by atoms with Gasteiger partial charge in [-0.15, -0.1) is 11.3 Å². The molecular formula is C10H10N2S. The molecule has 0 bridgehead atoms. The summed E-state index contributed by atoms with van der Waals surface area (Å²) in [6.07, 6.45) is 6.33. The summed E-state index contributed by atoms with van der Waals surface area (Å²) < 4.78 is 0. The molecule has 0 N–H and O–H groups in total. The molecule has 66 valence electrons. The summed E-state index contributed by atoms with van der Waals surface area (Å²) in [7, 11) is 0. The molecule has 2 aromatic heterocycles. The van der Waals surface area contributed by atoms with Gasteiger partial charge in [0.2, 0.25) is 0 Å². The van der Waals surface area contributed by atoms with Gasteiger partial charge in [0, 0.05) is 22.8 Å². The van der Waals surface area contributed by atoms with E-state index in [-0.39, 0.29) is 0 Å². The van der Waals surface area contributed by atoms with Gasteiger partial charge < -0.3 is 0 Å². The zero-order chi connectivity index (χ0) is 9.10. The Morgan fingerprint density at radius 2 is 2.08 bits per heavy atom. The van der Waals surface area contributed by atoms with Crippen molar-refractivity contribution in [2.24, 2.45) is 0 Å². The third-order valence-corrected chi connectivity index (χ3v) is 2.94. The minimum Gasteiger partial charge on any atom is -0.244 e. The fourth-order valence-corrected chi connectivity index (χ4v) is 2.11. The van der Waals surface area contributed by atoms with Crippen molar-refractivity contribution in [2.75, 3.05) is 0 Å². The molecule has 0 spiro atoms. The van der Waals surface area contributed by atoms with Gasteiger partial charge in [-0.1, -0.05) is 6.92 Å².